The van der Waals surface area contributed by atoms with Gasteiger partial charge in [0, 0.05) is 35.1 Å². The van der Waals surface area contributed by atoms with Crippen LogP contribution in [0.2, 0.25) is 0 Å². The first-order chi connectivity index (χ1) is 7.83. The summed E-state index contributed by atoms with van der Waals surface area (Å²) in [5, 5.41) is 4.55. The zero-order chi connectivity index (χ0) is 11.6. The monoisotopic (exact) mass is 261 g/mol. The van der Waals surface area contributed by atoms with Crippen molar-refractivity contribution in [3.8, 4) is 0 Å². The lowest BCUT2D eigenvalue weighted by molar-refractivity contribution is 0.486. The van der Waals surface area contributed by atoms with Gasteiger partial charge < -0.3 is 5.32 Å². The average Bonchev–Trinajstić information content (AvgIpc) is 2.33. The van der Waals surface area contributed by atoms with Crippen molar-refractivity contribution >= 4 is 23.5 Å². The Morgan fingerprint density at radius 1 is 1.25 bits per heavy atom. The second-order valence-electron chi connectivity index (χ2n) is 4.73. The standard InChI is InChI=1S/C13H27NS2/c1-3-4-5-6-7-12(2)14-10-13-11-15-8-9-16-13/h12-14H,3-11H2,1-2H3. The Labute approximate surface area is 110 Å². The van der Waals surface area contributed by atoms with Gasteiger partial charge in [-0.1, -0.05) is 32.6 Å². The van der Waals surface area contributed by atoms with Crippen molar-refractivity contribution in [1.82, 2.24) is 5.32 Å². The SMILES string of the molecule is CCCCCCC(C)NCC1CSCCS1. The van der Waals surface area contributed by atoms with Gasteiger partial charge in [-0.05, 0) is 13.3 Å². The predicted molar refractivity (Wildman–Crippen MR) is 79.8 cm³/mol. The number of unbranched alkanes of at least 4 members (excludes halogenated alkanes) is 3. The van der Waals surface area contributed by atoms with Gasteiger partial charge in [0.05, 0.1) is 0 Å². The molecular formula is C13H27NS2. The van der Waals surface area contributed by atoms with Gasteiger partial charge in [-0.25, -0.2) is 0 Å². The van der Waals surface area contributed by atoms with Crippen LogP contribution in [0.4, 0.5) is 0 Å². The molecule has 2 atom stereocenters. The van der Waals surface area contributed by atoms with Crippen LogP contribution in [-0.4, -0.2) is 35.1 Å². The van der Waals surface area contributed by atoms with Crippen LogP contribution >= 0.6 is 23.5 Å². The molecule has 1 heterocycles. The Morgan fingerprint density at radius 2 is 2.12 bits per heavy atom. The molecule has 0 bridgehead atoms. The predicted octanol–water partition coefficient (Wildman–Crippen LogP) is 3.78. The lowest BCUT2D eigenvalue weighted by Gasteiger charge is -2.23. The molecule has 3 heteroatoms. The van der Waals surface area contributed by atoms with E-state index >= 15 is 0 Å². The minimum Gasteiger partial charge on any atom is -0.313 e. The molecule has 0 radical (unpaired) electrons. The van der Waals surface area contributed by atoms with Gasteiger partial charge in [0.2, 0.25) is 0 Å². The van der Waals surface area contributed by atoms with Crippen molar-refractivity contribution < 1.29 is 0 Å². The molecule has 1 N–H and O–H groups in total. The molecule has 1 fully saturated rings. The third kappa shape index (κ3) is 7.08. The summed E-state index contributed by atoms with van der Waals surface area (Å²) in [6.45, 7) is 5.83. The molecule has 0 aromatic heterocycles. The molecule has 96 valence electrons. The zero-order valence-electron chi connectivity index (χ0n) is 10.8. The first-order valence-corrected chi connectivity index (χ1v) is 8.96. The lowest BCUT2D eigenvalue weighted by atomic mass is 10.1. The van der Waals surface area contributed by atoms with E-state index in [4.69, 9.17) is 0 Å². The van der Waals surface area contributed by atoms with Crippen molar-refractivity contribution in [2.45, 2.75) is 57.2 Å². The molecule has 1 aliphatic heterocycles. The maximum atomic E-state index is 3.70. The summed E-state index contributed by atoms with van der Waals surface area (Å²) in [5.74, 6) is 4.05. The highest BCUT2D eigenvalue weighted by atomic mass is 32.2. The smallest absolute Gasteiger partial charge is 0.0263 e. The average molecular weight is 261 g/mol. The molecular weight excluding hydrogens is 234 g/mol. The van der Waals surface area contributed by atoms with E-state index in [1.807, 2.05) is 0 Å². The molecule has 0 aromatic carbocycles. The summed E-state index contributed by atoms with van der Waals surface area (Å²) in [5.41, 5.74) is 0. The fourth-order valence-corrected chi connectivity index (χ4v) is 4.59. The Hall–Kier alpha value is 0.660. The topological polar surface area (TPSA) is 12.0 Å². The normalized spacial score (nSPS) is 23.2. The Kier molecular flexibility index (Phi) is 8.89. The van der Waals surface area contributed by atoms with Crippen LogP contribution < -0.4 is 5.32 Å². The molecule has 0 aromatic rings. The third-order valence-corrected chi connectivity index (χ3v) is 5.91. The molecule has 0 aliphatic carbocycles. The summed E-state index contributed by atoms with van der Waals surface area (Å²) < 4.78 is 0. The Bertz CT molecular complexity index is 158. The van der Waals surface area contributed by atoms with E-state index in [-0.39, 0.29) is 0 Å². The van der Waals surface area contributed by atoms with Gasteiger partial charge in [0.1, 0.15) is 0 Å². The van der Waals surface area contributed by atoms with Crippen molar-refractivity contribution in [2.24, 2.45) is 0 Å². The number of hydrogen-bond acceptors (Lipinski definition) is 3. The molecule has 0 amide bonds. The minimum atomic E-state index is 0.712. The Balaban J connectivity index is 1.94. The highest BCUT2D eigenvalue weighted by molar-refractivity contribution is 8.06. The highest BCUT2D eigenvalue weighted by Gasteiger charge is 2.14. The maximum absolute atomic E-state index is 3.70. The largest absolute Gasteiger partial charge is 0.313 e. The van der Waals surface area contributed by atoms with Crippen molar-refractivity contribution in [2.75, 3.05) is 23.8 Å². The van der Waals surface area contributed by atoms with Crippen LogP contribution in [0.15, 0.2) is 0 Å². The Morgan fingerprint density at radius 3 is 2.81 bits per heavy atom. The summed E-state index contributed by atoms with van der Waals surface area (Å²) in [6.07, 6.45) is 6.91. The van der Waals surface area contributed by atoms with Gasteiger partial charge >= 0.3 is 0 Å². The quantitative estimate of drug-likeness (QED) is 0.668. The van der Waals surface area contributed by atoms with Crippen LogP contribution in [0.3, 0.4) is 0 Å². The highest BCUT2D eigenvalue weighted by Crippen LogP contribution is 2.23. The van der Waals surface area contributed by atoms with Crippen LogP contribution in [0, 0.1) is 0 Å². The van der Waals surface area contributed by atoms with Gasteiger partial charge in [0.25, 0.3) is 0 Å². The summed E-state index contributed by atoms with van der Waals surface area (Å²) in [6, 6.07) is 0.712. The van der Waals surface area contributed by atoms with E-state index < -0.39 is 0 Å². The molecule has 0 spiro atoms. The van der Waals surface area contributed by atoms with Gasteiger partial charge in [-0.3, -0.25) is 0 Å². The van der Waals surface area contributed by atoms with E-state index in [0.29, 0.717) is 6.04 Å². The van der Waals surface area contributed by atoms with E-state index in [1.54, 1.807) is 0 Å². The number of nitrogens with one attached hydrogen (secondary N) is 1. The first-order valence-electron chi connectivity index (χ1n) is 6.75. The van der Waals surface area contributed by atoms with Crippen molar-refractivity contribution in [3.05, 3.63) is 0 Å². The molecule has 1 aliphatic rings. The summed E-state index contributed by atoms with van der Waals surface area (Å²) in [4.78, 5) is 0. The molecule has 1 saturated heterocycles. The zero-order valence-corrected chi connectivity index (χ0v) is 12.5. The third-order valence-electron chi connectivity index (χ3n) is 3.07. The first kappa shape index (κ1) is 14.7. The number of hydrogen-bond donors (Lipinski definition) is 1. The fourth-order valence-electron chi connectivity index (χ4n) is 1.97. The maximum Gasteiger partial charge on any atom is 0.0263 e. The fraction of sp³-hybridized carbons (Fsp3) is 1.00. The minimum absolute atomic E-state index is 0.712. The molecule has 1 rings (SSSR count). The van der Waals surface area contributed by atoms with E-state index in [1.165, 1.54) is 55.9 Å². The number of rotatable bonds is 8. The lowest BCUT2D eigenvalue weighted by Crippen LogP contribution is -2.34. The van der Waals surface area contributed by atoms with Crippen LogP contribution in [0.25, 0.3) is 0 Å². The van der Waals surface area contributed by atoms with Gasteiger partial charge in [-0.15, -0.1) is 0 Å². The second kappa shape index (κ2) is 9.67. The molecule has 2 unspecified atom stereocenters. The van der Waals surface area contributed by atoms with E-state index in [2.05, 4.69) is 42.7 Å². The summed E-state index contributed by atoms with van der Waals surface area (Å²) >= 11 is 4.27. The van der Waals surface area contributed by atoms with Crippen LogP contribution in [0.1, 0.15) is 46.0 Å². The molecule has 16 heavy (non-hydrogen) atoms. The van der Waals surface area contributed by atoms with Crippen molar-refractivity contribution in [3.63, 3.8) is 0 Å². The van der Waals surface area contributed by atoms with Gasteiger partial charge in [-0.2, -0.15) is 23.5 Å². The summed E-state index contributed by atoms with van der Waals surface area (Å²) in [7, 11) is 0. The van der Waals surface area contributed by atoms with Crippen LogP contribution in [-0.2, 0) is 0 Å². The second-order valence-corrected chi connectivity index (χ2v) is 7.28. The molecule has 1 nitrogen and oxygen atoms in total. The molecule has 0 saturated carbocycles. The number of thioether (sulfide) groups is 2. The van der Waals surface area contributed by atoms with E-state index in [0.717, 1.165) is 5.25 Å². The van der Waals surface area contributed by atoms with Crippen molar-refractivity contribution in [1.29, 1.82) is 0 Å². The van der Waals surface area contributed by atoms with Gasteiger partial charge in [0.15, 0.2) is 0 Å². The van der Waals surface area contributed by atoms with Crippen LogP contribution in [0.5, 0.6) is 0 Å². The van der Waals surface area contributed by atoms with E-state index in [9.17, 15) is 0 Å².